The van der Waals surface area contributed by atoms with Gasteiger partial charge in [-0.1, -0.05) is 24.3 Å². The van der Waals surface area contributed by atoms with E-state index in [1.165, 1.54) is 23.7 Å². The first-order valence-electron chi connectivity index (χ1n) is 10.2. The number of nitrogens with zero attached hydrogens (tertiary/aromatic N) is 6. The first-order chi connectivity index (χ1) is 16.2. The number of nitro groups is 1. The lowest BCUT2D eigenvalue weighted by atomic mass is 10.2. The molecule has 2 aromatic carbocycles. The Hall–Kier alpha value is -4.74. The summed E-state index contributed by atoms with van der Waals surface area (Å²) in [4.78, 5) is 43.8. The van der Waals surface area contributed by atoms with Crippen molar-refractivity contribution in [3.63, 3.8) is 0 Å². The highest BCUT2D eigenvalue weighted by molar-refractivity contribution is 5.81. The molecule has 0 unspecified atom stereocenters. The van der Waals surface area contributed by atoms with Gasteiger partial charge in [-0.3, -0.25) is 29.0 Å². The molecule has 0 spiro atoms. The molecule has 0 saturated heterocycles. The molecule has 174 valence electrons. The van der Waals surface area contributed by atoms with Crippen LogP contribution in [0.1, 0.15) is 11.1 Å². The van der Waals surface area contributed by atoms with Crippen LogP contribution in [0.3, 0.4) is 0 Å². The summed E-state index contributed by atoms with van der Waals surface area (Å²) in [7, 11) is 5.41. The Labute approximate surface area is 192 Å². The molecule has 0 bridgehead atoms. The van der Waals surface area contributed by atoms with Gasteiger partial charge in [0.2, 0.25) is 5.95 Å². The van der Waals surface area contributed by atoms with Crippen molar-refractivity contribution in [2.45, 2.75) is 6.54 Å². The second-order valence-corrected chi connectivity index (χ2v) is 7.79. The minimum absolute atomic E-state index is 0.0392. The lowest BCUT2D eigenvalue weighted by Gasteiger charge is -2.11. The zero-order chi connectivity index (χ0) is 24.4. The van der Waals surface area contributed by atoms with E-state index in [2.05, 4.69) is 20.5 Å². The Morgan fingerprint density at radius 3 is 2.44 bits per heavy atom. The third-order valence-corrected chi connectivity index (χ3v) is 5.28. The Balaban J connectivity index is 1.71. The molecule has 4 rings (SSSR count). The number of non-ortho nitro benzene ring substituents is 1. The van der Waals surface area contributed by atoms with Crippen molar-refractivity contribution in [3.05, 3.63) is 90.6 Å². The van der Waals surface area contributed by atoms with Crippen LogP contribution in [0.4, 0.5) is 17.3 Å². The SMILES string of the molecule is CN(C)c1ccc(/C=N/Nc2nc3c(c(=O)[nH]c(=O)n3C)n2Cc2ccc([N+](=O)[O-])cc2)cc1. The molecule has 12 nitrogen and oxygen atoms in total. The molecule has 0 amide bonds. The number of hydrazone groups is 1. The monoisotopic (exact) mass is 462 g/mol. The third kappa shape index (κ3) is 4.41. The van der Waals surface area contributed by atoms with Gasteiger partial charge in [-0.05, 0) is 23.3 Å². The second kappa shape index (κ2) is 9.02. The summed E-state index contributed by atoms with van der Waals surface area (Å²) in [6.45, 7) is 0.172. The van der Waals surface area contributed by atoms with Gasteiger partial charge in [-0.15, -0.1) is 0 Å². The van der Waals surface area contributed by atoms with Crippen LogP contribution in [0.5, 0.6) is 0 Å². The van der Waals surface area contributed by atoms with Gasteiger partial charge in [0.15, 0.2) is 11.2 Å². The number of hydrogen-bond acceptors (Lipinski definition) is 8. The molecule has 0 saturated carbocycles. The molecule has 0 atom stereocenters. The topological polar surface area (TPSA) is 143 Å². The lowest BCUT2D eigenvalue weighted by Crippen LogP contribution is -2.29. The van der Waals surface area contributed by atoms with Crippen LogP contribution in [-0.4, -0.2) is 44.3 Å². The maximum atomic E-state index is 12.6. The summed E-state index contributed by atoms with van der Waals surface area (Å²) in [5.41, 5.74) is 4.58. The van der Waals surface area contributed by atoms with E-state index < -0.39 is 16.2 Å². The highest BCUT2D eigenvalue weighted by atomic mass is 16.6. The summed E-state index contributed by atoms with van der Waals surface area (Å²) < 4.78 is 2.80. The Bertz CT molecular complexity index is 1500. The van der Waals surface area contributed by atoms with Crippen molar-refractivity contribution < 1.29 is 4.92 Å². The van der Waals surface area contributed by atoms with E-state index in [4.69, 9.17) is 0 Å². The van der Waals surface area contributed by atoms with Gasteiger partial charge in [0.1, 0.15) is 0 Å². The predicted octanol–water partition coefficient (Wildman–Crippen LogP) is 1.89. The summed E-state index contributed by atoms with van der Waals surface area (Å²) in [5, 5.41) is 15.2. The van der Waals surface area contributed by atoms with Gasteiger partial charge in [0, 0.05) is 39.0 Å². The fourth-order valence-corrected chi connectivity index (χ4v) is 3.40. The van der Waals surface area contributed by atoms with Crippen LogP contribution in [0.25, 0.3) is 11.2 Å². The molecule has 2 aromatic heterocycles. The van der Waals surface area contributed by atoms with Crippen molar-refractivity contribution in [2.75, 3.05) is 24.4 Å². The molecule has 4 aromatic rings. The van der Waals surface area contributed by atoms with Gasteiger partial charge in [-0.2, -0.15) is 10.1 Å². The number of rotatable bonds is 7. The number of aromatic amines is 1. The molecule has 0 aliphatic rings. The molecule has 2 N–H and O–H groups in total. The zero-order valence-electron chi connectivity index (χ0n) is 18.7. The van der Waals surface area contributed by atoms with E-state index in [1.54, 1.807) is 22.9 Å². The van der Waals surface area contributed by atoms with Crippen LogP contribution in [0, 0.1) is 10.1 Å². The molecule has 2 heterocycles. The summed E-state index contributed by atoms with van der Waals surface area (Å²) in [6, 6.07) is 13.7. The highest BCUT2D eigenvalue weighted by Gasteiger charge is 2.18. The smallest absolute Gasteiger partial charge is 0.329 e. The van der Waals surface area contributed by atoms with E-state index in [0.29, 0.717) is 5.56 Å². The minimum atomic E-state index is -0.594. The van der Waals surface area contributed by atoms with Crippen LogP contribution >= 0.6 is 0 Å². The van der Waals surface area contributed by atoms with Crippen molar-refractivity contribution in [3.8, 4) is 0 Å². The van der Waals surface area contributed by atoms with Gasteiger partial charge >= 0.3 is 5.69 Å². The van der Waals surface area contributed by atoms with E-state index in [-0.39, 0.29) is 29.3 Å². The van der Waals surface area contributed by atoms with Crippen molar-refractivity contribution in [2.24, 2.45) is 12.1 Å². The lowest BCUT2D eigenvalue weighted by molar-refractivity contribution is -0.384. The first kappa shape index (κ1) is 22.5. The number of aryl methyl sites for hydroxylation is 1. The van der Waals surface area contributed by atoms with Crippen molar-refractivity contribution in [1.82, 2.24) is 19.1 Å². The second-order valence-electron chi connectivity index (χ2n) is 7.79. The van der Waals surface area contributed by atoms with Gasteiger partial charge < -0.3 is 4.90 Å². The Morgan fingerprint density at radius 1 is 1.15 bits per heavy atom. The number of imidazole rings is 1. The first-order valence-corrected chi connectivity index (χ1v) is 10.2. The molecule has 0 aliphatic heterocycles. The summed E-state index contributed by atoms with van der Waals surface area (Å²) in [5.74, 6) is 0.237. The number of fused-ring (bicyclic) bond motifs is 1. The molecular formula is C22H22N8O4. The summed E-state index contributed by atoms with van der Waals surface area (Å²) in [6.07, 6.45) is 1.61. The van der Waals surface area contributed by atoms with Gasteiger partial charge in [-0.25, -0.2) is 10.2 Å². The Morgan fingerprint density at radius 2 is 1.82 bits per heavy atom. The largest absolute Gasteiger partial charge is 0.378 e. The molecule has 12 heteroatoms. The number of nitrogens with one attached hydrogen (secondary N) is 2. The number of anilines is 2. The number of H-pyrrole nitrogens is 1. The number of benzene rings is 2. The molecule has 0 fully saturated rings. The van der Waals surface area contributed by atoms with Gasteiger partial charge in [0.25, 0.3) is 11.2 Å². The predicted molar refractivity (Wildman–Crippen MR) is 130 cm³/mol. The van der Waals surface area contributed by atoms with Crippen LogP contribution < -0.4 is 21.6 Å². The summed E-state index contributed by atoms with van der Waals surface area (Å²) >= 11 is 0. The van der Waals surface area contributed by atoms with Crippen LogP contribution in [0.2, 0.25) is 0 Å². The normalized spacial score (nSPS) is 11.3. The standard InChI is InChI=1S/C22H22N8O4/c1-27(2)16-8-4-14(5-9-16)12-23-26-21-24-19-18(20(31)25-22(32)28(19)3)29(21)13-15-6-10-17(11-7-15)30(33)34/h4-12H,13H2,1-3H3,(H,24,26)(H,25,31,32)/b23-12+. The van der Waals surface area contributed by atoms with E-state index in [1.807, 2.05) is 43.3 Å². The fraction of sp³-hybridized carbons (Fsp3) is 0.182. The maximum Gasteiger partial charge on any atom is 0.329 e. The van der Waals surface area contributed by atoms with Crippen LogP contribution in [0.15, 0.2) is 63.2 Å². The number of aromatic nitrogens is 4. The molecule has 0 radical (unpaired) electrons. The third-order valence-electron chi connectivity index (χ3n) is 5.28. The van der Waals surface area contributed by atoms with E-state index in [0.717, 1.165) is 11.3 Å². The highest BCUT2D eigenvalue weighted by Crippen LogP contribution is 2.19. The molecule has 0 aliphatic carbocycles. The fourth-order valence-electron chi connectivity index (χ4n) is 3.40. The average molecular weight is 462 g/mol. The average Bonchev–Trinajstić information content (AvgIpc) is 3.17. The van der Waals surface area contributed by atoms with E-state index in [9.17, 15) is 19.7 Å². The maximum absolute atomic E-state index is 12.6. The zero-order valence-corrected chi connectivity index (χ0v) is 18.7. The van der Waals surface area contributed by atoms with E-state index >= 15 is 0 Å². The number of hydrogen-bond donors (Lipinski definition) is 2. The molecule has 34 heavy (non-hydrogen) atoms. The number of nitro benzene ring substituents is 1. The van der Waals surface area contributed by atoms with Crippen LogP contribution in [-0.2, 0) is 13.6 Å². The van der Waals surface area contributed by atoms with Crippen molar-refractivity contribution in [1.29, 1.82) is 0 Å². The Kier molecular flexibility index (Phi) is 5.95. The quantitative estimate of drug-likeness (QED) is 0.242. The molecular weight excluding hydrogens is 440 g/mol. The van der Waals surface area contributed by atoms with Gasteiger partial charge in [0.05, 0.1) is 17.7 Å². The van der Waals surface area contributed by atoms with Crippen molar-refractivity contribution >= 4 is 34.7 Å². The minimum Gasteiger partial charge on any atom is -0.378 e.